The summed E-state index contributed by atoms with van der Waals surface area (Å²) in [6.45, 7) is 2.85. The first-order chi connectivity index (χ1) is 14.6. The Labute approximate surface area is 175 Å². The number of nitrogens with one attached hydrogen (secondary N) is 1. The highest BCUT2D eigenvalue weighted by Crippen LogP contribution is 2.20. The predicted molar refractivity (Wildman–Crippen MR) is 106 cm³/mol. The first-order valence-corrected chi connectivity index (χ1v) is 8.85. The van der Waals surface area contributed by atoms with Crippen molar-refractivity contribution < 1.29 is 33.7 Å². The normalized spacial score (nSPS) is 11.2. The Hall–Kier alpha value is -4.35. The van der Waals surface area contributed by atoms with Gasteiger partial charge in [-0.3, -0.25) is 25.0 Å². The lowest BCUT2D eigenvalue weighted by atomic mass is 10.1. The van der Waals surface area contributed by atoms with E-state index < -0.39 is 39.5 Å². The molecule has 0 aliphatic carbocycles. The van der Waals surface area contributed by atoms with Crippen molar-refractivity contribution in [2.24, 2.45) is 0 Å². The Balaban J connectivity index is 2.13. The molecule has 1 amide bonds. The van der Waals surface area contributed by atoms with Crippen LogP contribution in [0.1, 0.15) is 34.6 Å². The van der Waals surface area contributed by atoms with Gasteiger partial charge in [-0.25, -0.2) is 9.59 Å². The van der Waals surface area contributed by atoms with Crippen molar-refractivity contribution in [1.82, 2.24) is 0 Å². The van der Waals surface area contributed by atoms with E-state index in [4.69, 9.17) is 9.47 Å². The number of nitro groups is 2. The highest BCUT2D eigenvalue weighted by atomic mass is 16.6. The average molecular weight is 431 g/mol. The first kappa shape index (κ1) is 22.9. The molecule has 1 N–H and O–H groups in total. The zero-order valence-corrected chi connectivity index (χ0v) is 16.4. The summed E-state index contributed by atoms with van der Waals surface area (Å²) in [6, 6.07) is 7.91. The highest BCUT2D eigenvalue weighted by Gasteiger charge is 2.23. The summed E-state index contributed by atoms with van der Waals surface area (Å²) in [6.07, 6.45) is -1.31. The van der Waals surface area contributed by atoms with Crippen LogP contribution in [0, 0.1) is 20.2 Å². The van der Waals surface area contributed by atoms with Gasteiger partial charge in [-0.05, 0) is 32.0 Å². The van der Waals surface area contributed by atoms with Crippen LogP contribution < -0.4 is 5.32 Å². The number of carbonyl (C=O) groups is 3. The summed E-state index contributed by atoms with van der Waals surface area (Å²) in [4.78, 5) is 56.9. The number of hydrogen-bond acceptors (Lipinski definition) is 9. The number of anilines is 1. The summed E-state index contributed by atoms with van der Waals surface area (Å²) >= 11 is 0. The van der Waals surface area contributed by atoms with Crippen LogP contribution in [0.15, 0.2) is 42.5 Å². The van der Waals surface area contributed by atoms with Crippen LogP contribution in [0.3, 0.4) is 0 Å². The van der Waals surface area contributed by atoms with Gasteiger partial charge in [-0.15, -0.1) is 0 Å². The highest BCUT2D eigenvalue weighted by molar-refractivity contribution is 5.99. The number of hydrogen-bond donors (Lipinski definition) is 1. The number of nitrogens with zero attached hydrogens (tertiary/aromatic N) is 2. The molecule has 162 valence electrons. The standard InChI is InChI=1S/C19H17N3O9/c1-3-30-18(24)12-8-13(10-16(9-12)22(28)29)19(25)31-11(2)17(23)20-14-4-6-15(7-5-14)21(26)27/h4-11H,3H2,1-2H3,(H,20,23). The van der Waals surface area contributed by atoms with E-state index in [1.54, 1.807) is 6.92 Å². The van der Waals surface area contributed by atoms with Crippen LogP contribution in [0.25, 0.3) is 0 Å². The van der Waals surface area contributed by atoms with E-state index in [1.165, 1.54) is 31.2 Å². The number of amides is 1. The summed E-state index contributed by atoms with van der Waals surface area (Å²) < 4.78 is 9.81. The summed E-state index contributed by atoms with van der Waals surface area (Å²) in [5.41, 5.74) is -0.988. The van der Waals surface area contributed by atoms with Crippen LogP contribution in [0.5, 0.6) is 0 Å². The van der Waals surface area contributed by atoms with Gasteiger partial charge in [-0.2, -0.15) is 0 Å². The lowest BCUT2D eigenvalue weighted by Crippen LogP contribution is -2.30. The molecule has 0 heterocycles. The quantitative estimate of drug-likeness (QED) is 0.375. The zero-order valence-electron chi connectivity index (χ0n) is 16.4. The van der Waals surface area contributed by atoms with Crippen molar-refractivity contribution in [3.05, 3.63) is 73.8 Å². The van der Waals surface area contributed by atoms with E-state index in [2.05, 4.69) is 5.32 Å². The average Bonchev–Trinajstić information content (AvgIpc) is 2.73. The van der Waals surface area contributed by atoms with Gasteiger partial charge >= 0.3 is 11.9 Å². The Kier molecular flexibility index (Phi) is 7.33. The van der Waals surface area contributed by atoms with Gasteiger partial charge in [0.05, 0.1) is 27.6 Å². The van der Waals surface area contributed by atoms with Crippen molar-refractivity contribution in [2.75, 3.05) is 11.9 Å². The van der Waals surface area contributed by atoms with Crippen LogP contribution in [0.4, 0.5) is 17.1 Å². The van der Waals surface area contributed by atoms with E-state index in [0.29, 0.717) is 0 Å². The predicted octanol–water partition coefficient (Wildman–Crippen LogP) is 2.86. The molecule has 0 spiro atoms. The number of carbonyl (C=O) groups excluding carboxylic acids is 3. The molecule has 0 radical (unpaired) electrons. The number of non-ortho nitro benzene ring substituents is 2. The van der Waals surface area contributed by atoms with Gasteiger partial charge in [0.1, 0.15) is 0 Å². The maximum Gasteiger partial charge on any atom is 0.339 e. The lowest BCUT2D eigenvalue weighted by molar-refractivity contribution is -0.385. The van der Waals surface area contributed by atoms with Gasteiger partial charge in [0.2, 0.25) is 0 Å². The van der Waals surface area contributed by atoms with Crippen molar-refractivity contribution >= 4 is 34.9 Å². The van der Waals surface area contributed by atoms with Crippen molar-refractivity contribution in [3.63, 3.8) is 0 Å². The minimum absolute atomic E-state index is 0.0289. The Morgan fingerprint density at radius 1 is 0.935 bits per heavy atom. The molecule has 0 aliphatic rings. The van der Waals surface area contributed by atoms with Gasteiger partial charge in [0.15, 0.2) is 6.10 Å². The molecule has 0 aromatic heterocycles. The summed E-state index contributed by atoms with van der Waals surface area (Å²) in [5.74, 6) is -2.66. The van der Waals surface area contributed by atoms with E-state index in [1.807, 2.05) is 0 Å². The molecule has 1 atom stereocenters. The topological polar surface area (TPSA) is 168 Å². The van der Waals surface area contributed by atoms with Crippen molar-refractivity contribution in [1.29, 1.82) is 0 Å². The molecule has 0 bridgehead atoms. The van der Waals surface area contributed by atoms with Crippen molar-refractivity contribution in [2.45, 2.75) is 20.0 Å². The molecule has 12 nitrogen and oxygen atoms in total. The lowest BCUT2D eigenvalue weighted by Gasteiger charge is -2.14. The SMILES string of the molecule is CCOC(=O)c1cc(C(=O)OC(C)C(=O)Nc2ccc([N+](=O)[O-])cc2)cc([N+](=O)[O-])c1. The number of benzene rings is 2. The van der Waals surface area contributed by atoms with Crippen LogP contribution in [0.2, 0.25) is 0 Å². The van der Waals surface area contributed by atoms with Gasteiger partial charge in [0, 0.05) is 30.0 Å². The van der Waals surface area contributed by atoms with Crippen LogP contribution >= 0.6 is 0 Å². The van der Waals surface area contributed by atoms with Crippen LogP contribution in [-0.2, 0) is 14.3 Å². The van der Waals surface area contributed by atoms with Gasteiger partial charge in [-0.1, -0.05) is 0 Å². The maximum atomic E-state index is 12.4. The molecule has 1 unspecified atom stereocenters. The minimum Gasteiger partial charge on any atom is -0.462 e. The number of ether oxygens (including phenoxy) is 2. The second-order valence-electron chi connectivity index (χ2n) is 6.09. The van der Waals surface area contributed by atoms with Gasteiger partial charge in [0.25, 0.3) is 17.3 Å². The fourth-order valence-electron chi connectivity index (χ4n) is 2.36. The molecule has 31 heavy (non-hydrogen) atoms. The smallest absolute Gasteiger partial charge is 0.339 e. The second kappa shape index (κ2) is 9.91. The fourth-order valence-corrected chi connectivity index (χ4v) is 2.36. The Morgan fingerprint density at radius 2 is 1.48 bits per heavy atom. The Bertz CT molecular complexity index is 1030. The molecule has 0 aliphatic heterocycles. The summed E-state index contributed by atoms with van der Waals surface area (Å²) in [5, 5.41) is 24.2. The third kappa shape index (κ3) is 6.06. The molecular weight excluding hydrogens is 414 g/mol. The third-order valence-electron chi connectivity index (χ3n) is 3.87. The van der Waals surface area contributed by atoms with Crippen molar-refractivity contribution in [3.8, 4) is 0 Å². The molecular formula is C19H17N3O9. The largest absolute Gasteiger partial charge is 0.462 e. The number of rotatable bonds is 8. The molecule has 0 fully saturated rings. The van der Waals surface area contributed by atoms with E-state index in [0.717, 1.165) is 18.2 Å². The second-order valence-corrected chi connectivity index (χ2v) is 6.09. The third-order valence-corrected chi connectivity index (χ3v) is 3.87. The van der Waals surface area contributed by atoms with E-state index in [-0.39, 0.29) is 29.1 Å². The molecule has 0 saturated carbocycles. The molecule has 2 aromatic rings. The fraction of sp³-hybridized carbons (Fsp3) is 0.211. The summed E-state index contributed by atoms with van der Waals surface area (Å²) in [7, 11) is 0. The molecule has 2 aromatic carbocycles. The van der Waals surface area contributed by atoms with E-state index in [9.17, 15) is 34.6 Å². The van der Waals surface area contributed by atoms with Gasteiger partial charge < -0.3 is 14.8 Å². The molecule has 0 saturated heterocycles. The zero-order chi connectivity index (χ0) is 23.1. The minimum atomic E-state index is -1.31. The van der Waals surface area contributed by atoms with Crippen LogP contribution in [-0.4, -0.2) is 40.4 Å². The Morgan fingerprint density at radius 3 is 2.00 bits per heavy atom. The molecule has 2 rings (SSSR count). The monoisotopic (exact) mass is 431 g/mol. The first-order valence-electron chi connectivity index (χ1n) is 8.85. The van der Waals surface area contributed by atoms with E-state index >= 15 is 0 Å². The number of nitro benzene ring substituents is 2. The number of esters is 2. The maximum absolute atomic E-state index is 12.4. The molecule has 12 heteroatoms.